The molecule has 2 aromatic carbocycles. The maximum Gasteiger partial charge on any atom is 0.266 e. The fraction of sp³-hybridized carbons (Fsp3) is 0.143. The number of hydrogen-bond donors (Lipinski definition) is 0. The maximum atomic E-state index is 13.6. The quantitative estimate of drug-likeness (QED) is 0.488. The van der Waals surface area contributed by atoms with Crippen LogP contribution in [0.2, 0.25) is 0 Å². The van der Waals surface area contributed by atoms with Gasteiger partial charge in [-0.3, -0.25) is 8.71 Å². The van der Waals surface area contributed by atoms with E-state index in [9.17, 15) is 8.42 Å². The van der Waals surface area contributed by atoms with E-state index in [1.165, 1.54) is 4.31 Å². The molecule has 0 radical (unpaired) electrons. The van der Waals surface area contributed by atoms with Crippen molar-refractivity contribution >= 4 is 21.4 Å². The number of pyridine rings is 1. The van der Waals surface area contributed by atoms with Gasteiger partial charge in [0.1, 0.15) is 16.5 Å². The molecule has 0 fully saturated rings. The Balaban J connectivity index is 1.78. The number of para-hydroxylation sites is 1. The summed E-state index contributed by atoms with van der Waals surface area (Å²) in [6, 6.07) is 19.6. The minimum absolute atomic E-state index is 0.172. The van der Waals surface area contributed by atoms with E-state index in [0.29, 0.717) is 17.2 Å². The van der Waals surface area contributed by atoms with Gasteiger partial charge in [-0.05, 0) is 48.9 Å². The summed E-state index contributed by atoms with van der Waals surface area (Å²) < 4.78 is 35.4. The molecule has 0 aliphatic rings. The van der Waals surface area contributed by atoms with Crippen LogP contribution >= 0.6 is 0 Å². The summed E-state index contributed by atoms with van der Waals surface area (Å²) in [4.78, 5) is 0.172. The molecule has 0 atom stereocenters. The first-order valence-electron chi connectivity index (χ1n) is 9.01. The first-order chi connectivity index (χ1) is 14.0. The van der Waals surface area contributed by atoms with Crippen molar-refractivity contribution in [3.8, 4) is 5.75 Å². The van der Waals surface area contributed by atoms with Crippen molar-refractivity contribution in [2.24, 2.45) is 0 Å². The lowest BCUT2D eigenvalue weighted by molar-refractivity contribution is 0.414. The molecule has 0 saturated carbocycles. The van der Waals surface area contributed by atoms with Crippen LogP contribution in [-0.2, 0) is 16.6 Å². The van der Waals surface area contributed by atoms with Gasteiger partial charge in [0.05, 0.1) is 19.3 Å². The Hall–Kier alpha value is -3.39. The second-order valence-corrected chi connectivity index (χ2v) is 8.40. The van der Waals surface area contributed by atoms with Gasteiger partial charge < -0.3 is 4.74 Å². The summed E-state index contributed by atoms with van der Waals surface area (Å²) in [5.74, 6) is 1.34. The number of sulfonamides is 1. The van der Waals surface area contributed by atoms with Crippen molar-refractivity contribution in [1.82, 2.24) is 14.6 Å². The van der Waals surface area contributed by atoms with Crippen molar-refractivity contribution in [1.29, 1.82) is 0 Å². The van der Waals surface area contributed by atoms with Gasteiger partial charge >= 0.3 is 0 Å². The van der Waals surface area contributed by atoms with Gasteiger partial charge in [0.25, 0.3) is 10.0 Å². The van der Waals surface area contributed by atoms with Gasteiger partial charge in [-0.2, -0.15) is 0 Å². The van der Waals surface area contributed by atoms with Crippen LogP contribution in [0.3, 0.4) is 0 Å². The minimum Gasteiger partial charge on any atom is -0.497 e. The lowest BCUT2D eigenvalue weighted by Gasteiger charge is -2.25. The van der Waals surface area contributed by atoms with E-state index < -0.39 is 10.0 Å². The zero-order valence-corrected chi connectivity index (χ0v) is 16.9. The van der Waals surface area contributed by atoms with Gasteiger partial charge in [-0.25, -0.2) is 8.42 Å². The predicted molar refractivity (Wildman–Crippen MR) is 111 cm³/mol. The molecule has 0 spiro atoms. The van der Waals surface area contributed by atoms with E-state index in [1.54, 1.807) is 48.9 Å². The van der Waals surface area contributed by atoms with Gasteiger partial charge in [-0.15, -0.1) is 10.2 Å². The molecule has 7 nitrogen and oxygen atoms in total. The molecule has 0 amide bonds. The fourth-order valence-electron chi connectivity index (χ4n) is 3.07. The van der Waals surface area contributed by atoms with E-state index in [4.69, 9.17) is 4.74 Å². The van der Waals surface area contributed by atoms with Crippen molar-refractivity contribution < 1.29 is 13.2 Å². The largest absolute Gasteiger partial charge is 0.497 e. The van der Waals surface area contributed by atoms with Crippen LogP contribution in [0.25, 0.3) is 5.65 Å². The zero-order valence-electron chi connectivity index (χ0n) is 16.1. The molecule has 4 aromatic rings. The number of hydrogen-bond acceptors (Lipinski definition) is 5. The summed E-state index contributed by atoms with van der Waals surface area (Å²) in [5.41, 5.74) is 2.03. The molecular formula is C21H20N4O3S. The standard InChI is InChI=1S/C21H20N4O3S/c1-16-22-23-21-13-12-20(15-24(16)21)29(26,27)25(18-6-4-3-5-7-18)14-17-8-10-19(28-2)11-9-17/h3-13,15H,14H2,1-2H3. The van der Waals surface area contributed by atoms with Crippen LogP contribution in [0, 0.1) is 6.92 Å². The second-order valence-electron chi connectivity index (χ2n) is 6.54. The first-order valence-corrected chi connectivity index (χ1v) is 10.4. The molecule has 29 heavy (non-hydrogen) atoms. The number of benzene rings is 2. The highest BCUT2D eigenvalue weighted by Crippen LogP contribution is 2.26. The van der Waals surface area contributed by atoms with Gasteiger partial charge in [0.2, 0.25) is 0 Å². The van der Waals surface area contributed by atoms with Crippen LogP contribution in [0.1, 0.15) is 11.4 Å². The summed E-state index contributed by atoms with van der Waals surface area (Å²) in [5, 5.41) is 8.02. The highest BCUT2D eigenvalue weighted by molar-refractivity contribution is 7.92. The van der Waals surface area contributed by atoms with Gasteiger partial charge in [0, 0.05) is 6.20 Å². The van der Waals surface area contributed by atoms with Crippen LogP contribution in [-0.4, -0.2) is 30.1 Å². The second kappa shape index (κ2) is 7.56. The topological polar surface area (TPSA) is 76.8 Å². The molecule has 2 aromatic heterocycles. The van der Waals surface area contributed by atoms with Crippen LogP contribution < -0.4 is 9.04 Å². The number of aryl methyl sites for hydroxylation is 1. The average Bonchev–Trinajstić information content (AvgIpc) is 3.13. The van der Waals surface area contributed by atoms with Crippen molar-refractivity contribution in [3.63, 3.8) is 0 Å². The van der Waals surface area contributed by atoms with Crippen molar-refractivity contribution in [3.05, 3.63) is 84.3 Å². The summed E-state index contributed by atoms with van der Waals surface area (Å²) in [6.07, 6.45) is 1.56. The Morgan fingerprint density at radius 3 is 2.38 bits per heavy atom. The van der Waals surface area contributed by atoms with Crippen molar-refractivity contribution in [2.45, 2.75) is 18.4 Å². The molecule has 8 heteroatoms. The molecule has 148 valence electrons. The number of rotatable bonds is 6. The predicted octanol–water partition coefficient (Wildman–Crippen LogP) is 3.44. The smallest absolute Gasteiger partial charge is 0.266 e. The Morgan fingerprint density at radius 2 is 1.69 bits per heavy atom. The molecule has 0 aliphatic heterocycles. The zero-order chi connectivity index (χ0) is 20.4. The molecule has 0 N–H and O–H groups in total. The third kappa shape index (κ3) is 3.66. The normalized spacial score (nSPS) is 11.5. The summed E-state index contributed by atoms with van der Waals surface area (Å²) in [6.45, 7) is 1.97. The molecule has 0 bridgehead atoms. The lowest BCUT2D eigenvalue weighted by Crippen LogP contribution is -2.30. The molecule has 2 heterocycles. The average molecular weight is 408 g/mol. The number of nitrogens with zero attached hydrogens (tertiary/aromatic N) is 4. The number of fused-ring (bicyclic) bond motifs is 1. The third-order valence-electron chi connectivity index (χ3n) is 4.66. The molecular weight excluding hydrogens is 388 g/mol. The Labute approximate surface area is 169 Å². The van der Waals surface area contributed by atoms with Crippen LogP contribution in [0.5, 0.6) is 5.75 Å². The van der Waals surface area contributed by atoms with E-state index in [-0.39, 0.29) is 11.4 Å². The van der Waals surface area contributed by atoms with E-state index >= 15 is 0 Å². The van der Waals surface area contributed by atoms with Crippen molar-refractivity contribution in [2.75, 3.05) is 11.4 Å². The Kier molecular flexibility index (Phi) is 4.94. The van der Waals surface area contributed by atoms with E-state index in [0.717, 1.165) is 11.3 Å². The molecule has 0 unspecified atom stereocenters. The molecule has 0 saturated heterocycles. The van der Waals surface area contributed by atoms with E-state index in [2.05, 4.69) is 10.2 Å². The number of aromatic nitrogens is 3. The Bertz CT molecular complexity index is 1240. The number of anilines is 1. The summed E-state index contributed by atoms with van der Waals surface area (Å²) >= 11 is 0. The monoisotopic (exact) mass is 408 g/mol. The number of methoxy groups -OCH3 is 1. The Morgan fingerprint density at radius 1 is 0.966 bits per heavy atom. The fourth-order valence-corrected chi connectivity index (χ4v) is 4.52. The third-order valence-corrected chi connectivity index (χ3v) is 6.42. The SMILES string of the molecule is COc1ccc(CN(c2ccccc2)S(=O)(=O)c2ccc3nnc(C)n3c2)cc1. The van der Waals surface area contributed by atoms with Gasteiger partial charge in [-0.1, -0.05) is 30.3 Å². The lowest BCUT2D eigenvalue weighted by atomic mass is 10.2. The maximum absolute atomic E-state index is 13.6. The van der Waals surface area contributed by atoms with Crippen LogP contribution in [0.4, 0.5) is 5.69 Å². The van der Waals surface area contributed by atoms with Gasteiger partial charge in [0.15, 0.2) is 5.65 Å². The summed E-state index contributed by atoms with van der Waals surface area (Å²) in [7, 11) is -2.23. The minimum atomic E-state index is -3.83. The highest BCUT2D eigenvalue weighted by atomic mass is 32.2. The highest BCUT2D eigenvalue weighted by Gasteiger charge is 2.26. The van der Waals surface area contributed by atoms with E-state index in [1.807, 2.05) is 42.5 Å². The number of ether oxygens (including phenoxy) is 1. The molecule has 4 rings (SSSR count). The molecule has 0 aliphatic carbocycles. The van der Waals surface area contributed by atoms with Crippen LogP contribution in [0.15, 0.2) is 77.8 Å². The first kappa shape index (κ1) is 18.9.